The molecular formula is C7H6BN3O2. The molecular weight excluding hydrogens is 169 g/mol. The van der Waals surface area contributed by atoms with E-state index in [0.29, 0.717) is 5.46 Å². The summed E-state index contributed by atoms with van der Waals surface area (Å²) in [6.45, 7) is 0. The van der Waals surface area contributed by atoms with Crippen LogP contribution in [0.1, 0.15) is 5.56 Å². The molecule has 0 atom stereocenters. The van der Waals surface area contributed by atoms with E-state index < -0.39 is 10.8 Å². The number of nitrogens with one attached hydrogen (secondary N) is 1. The van der Waals surface area contributed by atoms with E-state index in [1.54, 1.807) is 0 Å². The van der Waals surface area contributed by atoms with Gasteiger partial charge in [-0.05, 0) is 11.0 Å². The van der Waals surface area contributed by atoms with E-state index in [1.807, 2.05) is 0 Å². The van der Waals surface area contributed by atoms with Gasteiger partial charge in [-0.25, -0.2) is 0 Å². The molecule has 1 rings (SSSR count). The van der Waals surface area contributed by atoms with E-state index in [0.717, 1.165) is 0 Å². The van der Waals surface area contributed by atoms with Crippen LogP contribution in [0.3, 0.4) is 0 Å². The maximum absolute atomic E-state index is 10.2. The molecule has 3 N–H and O–H groups in total. The number of hydrogen-bond donors (Lipinski definition) is 2. The van der Waals surface area contributed by atoms with Crippen LogP contribution in [0.25, 0.3) is 0 Å². The fourth-order valence-electron chi connectivity index (χ4n) is 0.877. The van der Waals surface area contributed by atoms with Crippen LogP contribution in [0.4, 0.5) is 5.69 Å². The highest BCUT2D eigenvalue weighted by Gasteiger charge is 2.14. The summed E-state index contributed by atoms with van der Waals surface area (Å²) in [6, 6.07) is 4.26. The zero-order valence-electron chi connectivity index (χ0n) is 6.65. The summed E-state index contributed by atoms with van der Waals surface area (Å²) in [4.78, 5) is 9.43. The molecule has 0 aromatic heterocycles. The molecule has 0 aliphatic heterocycles. The van der Waals surface area contributed by atoms with E-state index in [-0.39, 0.29) is 11.3 Å². The number of hydrogen-bond acceptors (Lipinski definition) is 4. The van der Waals surface area contributed by atoms with E-state index >= 15 is 0 Å². The smallest absolute Gasteiger partial charge is 0.365 e. The minimum absolute atomic E-state index is 0.0463. The lowest BCUT2D eigenvalue weighted by Gasteiger charge is -2.02. The third kappa shape index (κ3) is 1.84. The lowest BCUT2D eigenvalue weighted by atomic mass is 9.93. The lowest BCUT2D eigenvalue weighted by molar-refractivity contribution is -0.350. The molecule has 0 aliphatic carbocycles. The van der Waals surface area contributed by atoms with Crippen molar-refractivity contribution in [3.05, 3.63) is 33.9 Å². The van der Waals surface area contributed by atoms with Gasteiger partial charge in [0.15, 0.2) is 0 Å². The van der Waals surface area contributed by atoms with Gasteiger partial charge in [0, 0.05) is 5.69 Å². The molecule has 0 saturated carbocycles. The van der Waals surface area contributed by atoms with Crippen molar-refractivity contribution in [2.24, 2.45) is 0 Å². The highest BCUT2D eigenvalue weighted by atomic mass is 16.6. The quantitative estimate of drug-likeness (QED) is 0.153. The fourth-order valence-corrected chi connectivity index (χ4v) is 0.877. The second-order valence-electron chi connectivity index (χ2n) is 2.45. The summed E-state index contributed by atoms with van der Waals surface area (Å²) in [5.74, 6) is -0.746. The number of nitrogens with zero attached hydrogens (tertiary/aromatic N) is 1. The van der Waals surface area contributed by atoms with Crippen molar-refractivity contribution in [2.45, 2.75) is 0 Å². The number of amidine groups is 1. The normalized spacial score (nSPS) is 9.54. The van der Waals surface area contributed by atoms with Crippen LogP contribution in [0.2, 0.25) is 0 Å². The Hall–Kier alpha value is -1.85. The maximum Gasteiger partial charge on any atom is 0.365 e. The molecule has 1 aromatic carbocycles. The molecule has 0 spiro atoms. The van der Waals surface area contributed by atoms with Gasteiger partial charge in [0.25, 0.3) is 0 Å². The maximum atomic E-state index is 10.2. The number of nitrogens with two attached hydrogens (primary N) is 1. The third-order valence-electron chi connectivity index (χ3n) is 1.52. The fraction of sp³-hybridized carbons (Fsp3) is 0. The Morgan fingerprint density at radius 1 is 1.62 bits per heavy atom. The lowest BCUT2D eigenvalue weighted by Crippen LogP contribution is -2.16. The van der Waals surface area contributed by atoms with Crippen molar-refractivity contribution < 1.29 is 4.92 Å². The zero-order chi connectivity index (χ0) is 10.0. The average molecular weight is 175 g/mol. The standard InChI is InChI=1S/C7H6BN3O2/c8-4-1-2-6(9)5(3-4)7(10)11(12)13/h1-3,10H,9H2. The monoisotopic (exact) mass is 175 g/mol. The van der Waals surface area contributed by atoms with Crippen LogP contribution in [-0.2, 0) is 0 Å². The first-order chi connectivity index (χ1) is 6.02. The molecule has 1 aromatic rings. The van der Waals surface area contributed by atoms with Gasteiger partial charge in [-0.3, -0.25) is 0 Å². The van der Waals surface area contributed by atoms with Crippen LogP contribution >= 0.6 is 0 Å². The van der Waals surface area contributed by atoms with Crippen molar-refractivity contribution in [2.75, 3.05) is 5.73 Å². The van der Waals surface area contributed by atoms with Crippen LogP contribution in [-0.4, -0.2) is 18.6 Å². The van der Waals surface area contributed by atoms with Crippen LogP contribution in [0.15, 0.2) is 18.2 Å². The molecule has 6 heteroatoms. The number of anilines is 1. The number of nitrogen functional groups attached to an aromatic ring is 1. The van der Waals surface area contributed by atoms with Crippen LogP contribution in [0, 0.1) is 15.5 Å². The van der Waals surface area contributed by atoms with Gasteiger partial charge in [0.05, 0.1) is 5.56 Å². The van der Waals surface area contributed by atoms with E-state index in [4.69, 9.17) is 19.0 Å². The number of nitro groups is 1. The Bertz CT molecular complexity index is 378. The Morgan fingerprint density at radius 2 is 2.23 bits per heavy atom. The van der Waals surface area contributed by atoms with Gasteiger partial charge >= 0.3 is 5.84 Å². The molecule has 13 heavy (non-hydrogen) atoms. The highest BCUT2D eigenvalue weighted by molar-refractivity contribution is 6.32. The van der Waals surface area contributed by atoms with Crippen molar-refractivity contribution >= 4 is 24.8 Å². The zero-order valence-corrected chi connectivity index (χ0v) is 6.65. The molecule has 0 fully saturated rings. The van der Waals surface area contributed by atoms with Gasteiger partial charge in [0.2, 0.25) is 0 Å². The minimum atomic E-state index is -0.814. The molecule has 0 amide bonds. The predicted molar refractivity (Wildman–Crippen MR) is 50.1 cm³/mol. The molecule has 64 valence electrons. The van der Waals surface area contributed by atoms with Gasteiger partial charge in [-0.2, -0.15) is 0 Å². The molecule has 0 bridgehead atoms. The summed E-state index contributed by atoms with van der Waals surface area (Å²) in [6.07, 6.45) is 0. The van der Waals surface area contributed by atoms with Crippen molar-refractivity contribution in [3.63, 3.8) is 0 Å². The van der Waals surface area contributed by atoms with Gasteiger partial charge in [-0.1, -0.05) is 23.0 Å². The first kappa shape index (κ1) is 9.24. The van der Waals surface area contributed by atoms with Crippen molar-refractivity contribution in [3.8, 4) is 0 Å². The van der Waals surface area contributed by atoms with E-state index in [2.05, 4.69) is 0 Å². The summed E-state index contributed by atoms with van der Waals surface area (Å²) in [5.41, 5.74) is 5.99. The molecule has 0 saturated heterocycles. The van der Waals surface area contributed by atoms with Crippen molar-refractivity contribution in [1.82, 2.24) is 0 Å². The first-order valence-electron chi connectivity index (χ1n) is 3.40. The minimum Gasteiger partial charge on any atom is -0.398 e. The van der Waals surface area contributed by atoms with Gasteiger partial charge in [0.1, 0.15) is 7.85 Å². The summed E-state index contributed by atoms with van der Waals surface area (Å²) < 4.78 is 0. The second-order valence-corrected chi connectivity index (χ2v) is 2.45. The van der Waals surface area contributed by atoms with Crippen LogP contribution < -0.4 is 11.2 Å². The molecule has 5 nitrogen and oxygen atoms in total. The van der Waals surface area contributed by atoms with Gasteiger partial charge < -0.3 is 15.8 Å². The van der Waals surface area contributed by atoms with E-state index in [9.17, 15) is 10.1 Å². The topological polar surface area (TPSA) is 93.0 Å². The molecule has 0 aliphatic rings. The Morgan fingerprint density at radius 3 is 2.77 bits per heavy atom. The molecule has 2 radical (unpaired) electrons. The largest absolute Gasteiger partial charge is 0.398 e. The van der Waals surface area contributed by atoms with Gasteiger partial charge in [-0.15, -0.1) is 0 Å². The summed E-state index contributed by atoms with van der Waals surface area (Å²) in [5, 5.41) is 17.3. The molecule has 0 heterocycles. The Balaban J connectivity index is 3.21. The second kappa shape index (κ2) is 3.26. The van der Waals surface area contributed by atoms with Crippen molar-refractivity contribution in [1.29, 1.82) is 5.41 Å². The van der Waals surface area contributed by atoms with E-state index in [1.165, 1.54) is 18.2 Å². The summed E-state index contributed by atoms with van der Waals surface area (Å²) >= 11 is 0. The Labute approximate surface area is 75.6 Å². The molecule has 0 unspecified atom stereocenters. The van der Waals surface area contributed by atoms with Crippen LogP contribution in [0.5, 0.6) is 0 Å². The SMILES string of the molecule is [B]c1ccc(N)c(C(=N)[N+](=O)[O-])c1. The predicted octanol–water partition coefficient (Wildman–Crippen LogP) is -0.335. The third-order valence-corrected chi connectivity index (χ3v) is 1.52. The first-order valence-corrected chi connectivity index (χ1v) is 3.40. The summed E-state index contributed by atoms with van der Waals surface area (Å²) in [7, 11) is 5.39. The number of benzene rings is 1. The number of rotatable bonds is 1. The highest BCUT2D eigenvalue weighted by Crippen LogP contribution is 2.09. The Kier molecular flexibility index (Phi) is 2.32. The average Bonchev–Trinajstić information content (AvgIpc) is 2.08.